The summed E-state index contributed by atoms with van der Waals surface area (Å²) >= 11 is 1.59. The molecule has 6 heteroatoms. The third-order valence-corrected chi connectivity index (χ3v) is 6.13. The molecule has 2 N–H and O–H groups in total. The maximum absolute atomic E-state index is 13.0. The van der Waals surface area contributed by atoms with E-state index in [0.29, 0.717) is 13.1 Å². The van der Waals surface area contributed by atoms with Crippen LogP contribution in [-0.4, -0.2) is 41.7 Å². The zero-order chi connectivity index (χ0) is 19.4. The minimum atomic E-state index is -0.701. The molecule has 5 nitrogen and oxygen atoms in total. The Morgan fingerprint density at radius 2 is 1.93 bits per heavy atom. The summed E-state index contributed by atoms with van der Waals surface area (Å²) in [5, 5.41) is 15.9. The van der Waals surface area contributed by atoms with Gasteiger partial charge in [0.1, 0.15) is 11.3 Å². The van der Waals surface area contributed by atoms with Crippen LogP contribution in [0.1, 0.15) is 37.7 Å². The fourth-order valence-corrected chi connectivity index (χ4v) is 4.40. The Kier molecular flexibility index (Phi) is 6.07. The highest BCUT2D eigenvalue weighted by Crippen LogP contribution is 2.33. The quantitative estimate of drug-likeness (QED) is 0.787. The number of amides is 1. The second kappa shape index (κ2) is 8.31. The Morgan fingerprint density at radius 1 is 1.26 bits per heavy atom. The summed E-state index contributed by atoms with van der Waals surface area (Å²) in [5.74, 6) is 1.09. The average Bonchev–Trinajstić information content (AvgIpc) is 3.22. The number of carbonyl (C=O) groups excluding carboxylic acids is 1. The van der Waals surface area contributed by atoms with E-state index < -0.39 is 11.6 Å². The van der Waals surface area contributed by atoms with Crippen molar-refractivity contribution in [3.63, 3.8) is 0 Å². The molecule has 0 bridgehead atoms. The van der Waals surface area contributed by atoms with Gasteiger partial charge in [-0.15, -0.1) is 11.3 Å². The summed E-state index contributed by atoms with van der Waals surface area (Å²) in [5.41, 5.74) is 0.186. The van der Waals surface area contributed by atoms with Crippen LogP contribution in [0.4, 0.5) is 5.69 Å². The smallest absolute Gasteiger partial charge is 0.247 e. The van der Waals surface area contributed by atoms with Crippen molar-refractivity contribution in [3.05, 3.63) is 46.7 Å². The molecule has 27 heavy (non-hydrogen) atoms. The van der Waals surface area contributed by atoms with E-state index in [1.807, 2.05) is 60.5 Å². The number of hydrogen-bond donors (Lipinski definition) is 2. The van der Waals surface area contributed by atoms with Gasteiger partial charge < -0.3 is 20.1 Å². The summed E-state index contributed by atoms with van der Waals surface area (Å²) in [7, 11) is 1.63. The number of nitrogens with zero attached hydrogens (tertiary/aromatic N) is 1. The number of methoxy groups -OCH3 is 1. The van der Waals surface area contributed by atoms with Crippen molar-refractivity contribution in [2.75, 3.05) is 25.5 Å². The van der Waals surface area contributed by atoms with Crippen LogP contribution < -0.4 is 10.1 Å². The minimum Gasteiger partial charge on any atom is -0.497 e. The first-order valence-electron chi connectivity index (χ1n) is 9.34. The molecule has 3 rings (SSSR count). The number of benzene rings is 1. The molecular weight excluding hydrogens is 360 g/mol. The average molecular weight is 389 g/mol. The molecule has 0 saturated carbocycles. The predicted molar refractivity (Wildman–Crippen MR) is 109 cm³/mol. The Morgan fingerprint density at radius 3 is 2.48 bits per heavy atom. The zero-order valence-electron chi connectivity index (χ0n) is 16.1. The highest BCUT2D eigenvalue weighted by atomic mass is 32.1. The standard InChI is InChI=1S/C21H28N2O3S/c1-21(2,22-16-6-8-17(26-3)9-7-16)20(25)23-12-10-15(11-13-23)19(24)18-5-4-14-27-18/h4-9,14-15,19,22,24H,10-13H2,1-3H3. The number of hydrogen-bond acceptors (Lipinski definition) is 5. The fourth-order valence-electron chi connectivity index (χ4n) is 3.59. The summed E-state index contributed by atoms with van der Waals surface area (Å²) in [6.45, 7) is 5.18. The van der Waals surface area contributed by atoms with E-state index in [1.165, 1.54) is 0 Å². The van der Waals surface area contributed by atoms with E-state index >= 15 is 0 Å². The summed E-state index contributed by atoms with van der Waals surface area (Å²) in [4.78, 5) is 16.0. The molecule has 0 radical (unpaired) electrons. The van der Waals surface area contributed by atoms with Crippen molar-refractivity contribution in [2.24, 2.45) is 5.92 Å². The number of likely N-dealkylation sites (tertiary alicyclic amines) is 1. The normalized spacial score (nSPS) is 16.8. The Bertz CT molecular complexity index is 735. The van der Waals surface area contributed by atoms with E-state index in [4.69, 9.17) is 4.74 Å². The van der Waals surface area contributed by atoms with Crippen LogP contribution in [-0.2, 0) is 4.79 Å². The molecule has 0 spiro atoms. The van der Waals surface area contributed by atoms with E-state index in [1.54, 1.807) is 18.4 Å². The van der Waals surface area contributed by atoms with Gasteiger partial charge in [0.2, 0.25) is 5.91 Å². The maximum atomic E-state index is 13.0. The minimum absolute atomic E-state index is 0.0855. The molecule has 1 aromatic heterocycles. The lowest BCUT2D eigenvalue weighted by molar-refractivity contribution is -0.137. The molecule has 1 fully saturated rings. The zero-order valence-corrected chi connectivity index (χ0v) is 17.0. The molecule has 1 aliphatic heterocycles. The lowest BCUT2D eigenvalue weighted by atomic mass is 9.89. The van der Waals surface area contributed by atoms with Gasteiger partial charge in [-0.1, -0.05) is 6.07 Å². The molecule has 1 amide bonds. The summed E-state index contributed by atoms with van der Waals surface area (Å²) < 4.78 is 5.18. The molecular formula is C21H28N2O3S. The van der Waals surface area contributed by atoms with Crippen molar-refractivity contribution in [3.8, 4) is 5.75 Å². The van der Waals surface area contributed by atoms with Crippen LogP contribution in [0.25, 0.3) is 0 Å². The second-order valence-corrected chi connectivity index (χ2v) is 8.55. The van der Waals surface area contributed by atoms with E-state index in [0.717, 1.165) is 29.2 Å². The fraction of sp³-hybridized carbons (Fsp3) is 0.476. The topological polar surface area (TPSA) is 61.8 Å². The Balaban J connectivity index is 1.57. The van der Waals surface area contributed by atoms with Gasteiger partial charge in [-0.05, 0) is 68.3 Å². The van der Waals surface area contributed by atoms with Crippen LogP contribution in [0.3, 0.4) is 0 Å². The lowest BCUT2D eigenvalue weighted by Crippen LogP contribution is -2.52. The number of carbonyl (C=O) groups is 1. The molecule has 0 aliphatic carbocycles. The maximum Gasteiger partial charge on any atom is 0.247 e. The number of piperidine rings is 1. The molecule has 1 aliphatic rings. The number of anilines is 1. The van der Waals surface area contributed by atoms with Crippen molar-refractivity contribution in [1.82, 2.24) is 4.90 Å². The number of nitrogens with one attached hydrogen (secondary N) is 1. The molecule has 2 heterocycles. The largest absolute Gasteiger partial charge is 0.497 e. The number of aliphatic hydroxyl groups is 1. The van der Waals surface area contributed by atoms with Crippen molar-refractivity contribution < 1.29 is 14.6 Å². The number of ether oxygens (including phenoxy) is 1. The molecule has 1 saturated heterocycles. The van der Waals surface area contributed by atoms with Gasteiger partial charge in [0.05, 0.1) is 13.2 Å². The van der Waals surface area contributed by atoms with E-state index in [-0.39, 0.29) is 11.8 Å². The highest BCUT2D eigenvalue weighted by molar-refractivity contribution is 7.10. The van der Waals surface area contributed by atoms with Crippen LogP contribution >= 0.6 is 11.3 Å². The third kappa shape index (κ3) is 4.62. The van der Waals surface area contributed by atoms with Gasteiger partial charge in [0.15, 0.2) is 0 Å². The molecule has 146 valence electrons. The lowest BCUT2D eigenvalue weighted by Gasteiger charge is -2.38. The SMILES string of the molecule is COc1ccc(NC(C)(C)C(=O)N2CCC(C(O)c3cccs3)CC2)cc1. The number of rotatable bonds is 6. The van der Waals surface area contributed by atoms with Crippen LogP contribution in [0.5, 0.6) is 5.75 Å². The van der Waals surface area contributed by atoms with E-state index in [2.05, 4.69) is 5.32 Å². The predicted octanol–water partition coefficient (Wildman–Crippen LogP) is 3.92. The van der Waals surface area contributed by atoms with Gasteiger partial charge in [-0.3, -0.25) is 4.79 Å². The Labute approximate surface area is 165 Å². The molecule has 1 atom stereocenters. The van der Waals surface area contributed by atoms with Gasteiger partial charge in [0, 0.05) is 23.7 Å². The molecule has 2 aromatic rings. The Hall–Kier alpha value is -2.05. The van der Waals surface area contributed by atoms with Crippen molar-refractivity contribution in [2.45, 2.75) is 38.3 Å². The van der Waals surface area contributed by atoms with Crippen LogP contribution in [0.15, 0.2) is 41.8 Å². The van der Waals surface area contributed by atoms with E-state index in [9.17, 15) is 9.90 Å². The van der Waals surface area contributed by atoms with Crippen molar-refractivity contribution in [1.29, 1.82) is 0 Å². The van der Waals surface area contributed by atoms with Crippen molar-refractivity contribution >= 4 is 22.9 Å². The van der Waals surface area contributed by atoms with Gasteiger partial charge in [-0.25, -0.2) is 0 Å². The first-order chi connectivity index (χ1) is 12.9. The molecule has 1 aromatic carbocycles. The summed E-state index contributed by atoms with van der Waals surface area (Å²) in [6.07, 6.45) is 1.22. The number of aliphatic hydroxyl groups excluding tert-OH is 1. The first kappa shape index (κ1) is 19.7. The monoisotopic (exact) mass is 388 g/mol. The third-order valence-electron chi connectivity index (χ3n) is 5.19. The molecule has 1 unspecified atom stereocenters. The van der Waals surface area contributed by atoms with Crippen LogP contribution in [0.2, 0.25) is 0 Å². The highest BCUT2D eigenvalue weighted by Gasteiger charge is 2.35. The van der Waals surface area contributed by atoms with Gasteiger partial charge in [-0.2, -0.15) is 0 Å². The van der Waals surface area contributed by atoms with Gasteiger partial charge in [0.25, 0.3) is 0 Å². The summed E-state index contributed by atoms with van der Waals surface area (Å²) in [6, 6.07) is 11.5. The second-order valence-electron chi connectivity index (χ2n) is 7.57. The van der Waals surface area contributed by atoms with Gasteiger partial charge >= 0.3 is 0 Å². The first-order valence-corrected chi connectivity index (χ1v) is 10.2. The number of thiophene rings is 1. The van der Waals surface area contributed by atoms with Crippen LogP contribution in [0, 0.1) is 5.92 Å².